The number of methoxy groups -OCH3 is 1. The first-order valence-electron chi connectivity index (χ1n) is 5.50. The van der Waals surface area contributed by atoms with Crippen molar-refractivity contribution in [2.24, 2.45) is 0 Å². The molecular formula is C14H11BrClFO2. The first kappa shape index (κ1) is 14.3. The third-order valence-electron chi connectivity index (χ3n) is 2.78. The lowest BCUT2D eigenvalue weighted by Crippen LogP contribution is -2.04. The number of halogens is 3. The molecule has 0 aliphatic carbocycles. The van der Waals surface area contributed by atoms with Gasteiger partial charge in [0.05, 0.1) is 7.11 Å². The van der Waals surface area contributed by atoms with Crippen molar-refractivity contribution in [3.63, 3.8) is 0 Å². The molecule has 0 aliphatic heterocycles. The van der Waals surface area contributed by atoms with E-state index in [1.807, 2.05) is 0 Å². The maximum atomic E-state index is 13.8. The Morgan fingerprint density at radius 1 is 1.32 bits per heavy atom. The van der Waals surface area contributed by atoms with Gasteiger partial charge >= 0.3 is 0 Å². The van der Waals surface area contributed by atoms with Gasteiger partial charge in [-0.15, -0.1) is 0 Å². The zero-order chi connectivity index (χ0) is 14.0. The van der Waals surface area contributed by atoms with Crippen molar-refractivity contribution in [2.75, 3.05) is 7.11 Å². The zero-order valence-corrected chi connectivity index (χ0v) is 12.4. The number of benzene rings is 2. The van der Waals surface area contributed by atoms with Crippen molar-refractivity contribution in [1.82, 2.24) is 0 Å². The SMILES string of the molecule is COc1ccc(C(O)c2c(F)cccc2Cl)c(Br)c1. The Morgan fingerprint density at radius 3 is 2.63 bits per heavy atom. The quantitative estimate of drug-likeness (QED) is 0.897. The summed E-state index contributed by atoms with van der Waals surface area (Å²) in [5, 5.41) is 10.5. The first-order chi connectivity index (χ1) is 9.04. The molecule has 0 heterocycles. The smallest absolute Gasteiger partial charge is 0.130 e. The van der Waals surface area contributed by atoms with Gasteiger partial charge in [0, 0.05) is 15.1 Å². The fourth-order valence-corrected chi connectivity index (χ4v) is 2.63. The predicted molar refractivity (Wildman–Crippen MR) is 76.2 cm³/mol. The van der Waals surface area contributed by atoms with E-state index >= 15 is 0 Å². The number of ether oxygens (including phenoxy) is 1. The van der Waals surface area contributed by atoms with Crippen LogP contribution < -0.4 is 4.74 Å². The minimum atomic E-state index is -1.14. The maximum absolute atomic E-state index is 13.8. The van der Waals surface area contributed by atoms with Crippen LogP contribution in [0.1, 0.15) is 17.2 Å². The average molecular weight is 346 g/mol. The Bertz CT molecular complexity index is 584. The van der Waals surface area contributed by atoms with Crippen LogP contribution in [-0.4, -0.2) is 12.2 Å². The summed E-state index contributed by atoms with van der Waals surface area (Å²) in [6, 6.07) is 9.36. The van der Waals surface area contributed by atoms with Gasteiger partial charge < -0.3 is 9.84 Å². The Morgan fingerprint density at radius 2 is 2.05 bits per heavy atom. The van der Waals surface area contributed by atoms with Crippen LogP contribution in [0, 0.1) is 5.82 Å². The van der Waals surface area contributed by atoms with Crippen LogP contribution in [-0.2, 0) is 0 Å². The van der Waals surface area contributed by atoms with Gasteiger partial charge in [-0.3, -0.25) is 0 Å². The normalized spacial score (nSPS) is 12.3. The summed E-state index contributed by atoms with van der Waals surface area (Å²) in [6.45, 7) is 0. The third-order valence-corrected chi connectivity index (χ3v) is 3.79. The highest BCUT2D eigenvalue weighted by Gasteiger charge is 2.20. The second kappa shape index (κ2) is 5.90. The molecule has 0 saturated carbocycles. The molecule has 2 aromatic rings. The van der Waals surface area contributed by atoms with Gasteiger partial charge in [0.2, 0.25) is 0 Å². The maximum Gasteiger partial charge on any atom is 0.130 e. The molecule has 100 valence electrons. The first-order valence-corrected chi connectivity index (χ1v) is 6.67. The summed E-state index contributed by atoms with van der Waals surface area (Å²) >= 11 is 9.27. The van der Waals surface area contributed by atoms with Crippen molar-refractivity contribution >= 4 is 27.5 Å². The van der Waals surface area contributed by atoms with Gasteiger partial charge in [0.1, 0.15) is 17.7 Å². The van der Waals surface area contributed by atoms with Crippen molar-refractivity contribution in [2.45, 2.75) is 6.10 Å². The molecule has 0 aliphatic rings. The van der Waals surface area contributed by atoms with Crippen LogP contribution in [0.5, 0.6) is 5.75 Å². The van der Waals surface area contributed by atoms with Gasteiger partial charge in [-0.2, -0.15) is 0 Å². The molecule has 19 heavy (non-hydrogen) atoms. The molecule has 0 aromatic heterocycles. The monoisotopic (exact) mass is 344 g/mol. The van der Waals surface area contributed by atoms with Gasteiger partial charge in [0.15, 0.2) is 0 Å². The molecule has 1 N–H and O–H groups in total. The highest BCUT2D eigenvalue weighted by Crippen LogP contribution is 2.35. The van der Waals surface area contributed by atoms with Crippen molar-refractivity contribution in [1.29, 1.82) is 0 Å². The Balaban J connectivity index is 2.47. The summed E-state index contributed by atoms with van der Waals surface area (Å²) < 4.78 is 19.5. The number of hydrogen-bond acceptors (Lipinski definition) is 2. The molecule has 2 aromatic carbocycles. The van der Waals surface area contributed by atoms with Crippen molar-refractivity contribution in [3.05, 3.63) is 62.8 Å². The van der Waals surface area contributed by atoms with Crippen LogP contribution in [0.15, 0.2) is 40.9 Å². The van der Waals surface area contributed by atoms with Gasteiger partial charge in [-0.1, -0.05) is 39.7 Å². The van der Waals surface area contributed by atoms with Gasteiger partial charge in [-0.05, 0) is 29.8 Å². The summed E-state index contributed by atoms with van der Waals surface area (Å²) in [5.74, 6) is 0.102. The van der Waals surface area contributed by atoms with E-state index in [2.05, 4.69) is 15.9 Å². The summed E-state index contributed by atoms with van der Waals surface area (Å²) in [5.41, 5.74) is 0.586. The highest BCUT2D eigenvalue weighted by molar-refractivity contribution is 9.10. The molecular weight excluding hydrogens is 335 g/mol. The van der Waals surface area contributed by atoms with E-state index in [9.17, 15) is 9.50 Å². The number of aliphatic hydroxyl groups is 1. The molecule has 2 nitrogen and oxygen atoms in total. The summed E-state index contributed by atoms with van der Waals surface area (Å²) in [6.07, 6.45) is -1.14. The number of aliphatic hydroxyl groups excluding tert-OH is 1. The summed E-state index contributed by atoms with van der Waals surface area (Å²) in [7, 11) is 1.55. The summed E-state index contributed by atoms with van der Waals surface area (Å²) in [4.78, 5) is 0. The second-order valence-electron chi connectivity index (χ2n) is 3.93. The van der Waals surface area contributed by atoms with E-state index in [0.717, 1.165) is 0 Å². The molecule has 1 unspecified atom stereocenters. The molecule has 5 heteroatoms. The van der Waals surface area contributed by atoms with E-state index in [0.29, 0.717) is 15.8 Å². The minimum absolute atomic E-state index is 0.0648. The molecule has 0 bridgehead atoms. The van der Waals surface area contributed by atoms with Crippen LogP contribution in [0.25, 0.3) is 0 Å². The van der Waals surface area contributed by atoms with E-state index in [4.69, 9.17) is 16.3 Å². The van der Waals surface area contributed by atoms with Crippen molar-refractivity contribution < 1.29 is 14.2 Å². The zero-order valence-electron chi connectivity index (χ0n) is 10.0. The fraction of sp³-hybridized carbons (Fsp3) is 0.143. The topological polar surface area (TPSA) is 29.5 Å². The molecule has 0 saturated heterocycles. The standard InChI is InChI=1S/C14H11BrClFO2/c1-19-8-5-6-9(10(15)7-8)14(18)13-11(16)3-2-4-12(13)17/h2-7,14,18H,1H3. The highest BCUT2D eigenvalue weighted by atomic mass is 79.9. The lowest BCUT2D eigenvalue weighted by Gasteiger charge is -2.16. The number of hydrogen-bond donors (Lipinski definition) is 1. The molecule has 0 fully saturated rings. The predicted octanol–water partition coefficient (Wildman–Crippen LogP) is 4.33. The lowest BCUT2D eigenvalue weighted by atomic mass is 10.0. The molecule has 0 amide bonds. The van der Waals surface area contributed by atoms with E-state index in [1.165, 1.54) is 12.1 Å². The number of rotatable bonds is 3. The van der Waals surface area contributed by atoms with E-state index in [-0.39, 0.29) is 10.6 Å². The molecule has 0 radical (unpaired) electrons. The van der Waals surface area contributed by atoms with Gasteiger partial charge in [-0.25, -0.2) is 4.39 Å². The second-order valence-corrected chi connectivity index (χ2v) is 5.19. The molecule has 2 rings (SSSR count). The Hall–Kier alpha value is -1.10. The third kappa shape index (κ3) is 2.91. The molecule has 1 atom stereocenters. The van der Waals surface area contributed by atoms with Crippen LogP contribution in [0.3, 0.4) is 0 Å². The van der Waals surface area contributed by atoms with Crippen LogP contribution in [0.2, 0.25) is 5.02 Å². The average Bonchev–Trinajstić information content (AvgIpc) is 2.38. The van der Waals surface area contributed by atoms with Gasteiger partial charge in [0.25, 0.3) is 0 Å². The fourth-order valence-electron chi connectivity index (χ4n) is 1.78. The van der Waals surface area contributed by atoms with E-state index < -0.39 is 11.9 Å². The lowest BCUT2D eigenvalue weighted by molar-refractivity contribution is 0.214. The molecule has 0 spiro atoms. The Kier molecular flexibility index (Phi) is 4.45. The van der Waals surface area contributed by atoms with Crippen molar-refractivity contribution in [3.8, 4) is 5.75 Å². The Labute approximate surface area is 123 Å². The largest absolute Gasteiger partial charge is 0.497 e. The van der Waals surface area contributed by atoms with Crippen LogP contribution in [0.4, 0.5) is 4.39 Å². The minimum Gasteiger partial charge on any atom is -0.497 e. The van der Waals surface area contributed by atoms with Crippen LogP contribution >= 0.6 is 27.5 Å². The van der Waals surface area contributed by atoms with E-state index in [1.54, 1.807) is 31.4 Å².